The minimum atomic E-state index is -3.37. The summed E-state index contributed by atoms with van der Waals surface area (Å²) in [5.41, 5.74) is 5.78. The molecule has 1 aliphatic heterocycles. The number of rotatable bonds is 4. The van der Waals surface area contributed by atoms with Gasteiger partial charge in [-0.3, -0.25) is 14.9 Å². The molecule has 2 aromatic carbocycles. The first kappa shape index (κ1) is 19.3. The summed E-state index contributed by atoms with van der Waals surface area (Å²) in [6.07, 6.45) is 7.32. The van der Waals surface area contributed by atoms with Crippen molar-refractivity contribution in [2.24, 2.45) is 17.8 Å². The maximum atomic E-state index is 12.6. The van der Waals surface area contributed by atoms with Crippen LogP contribution in [-0.2, 0) is 10.0 Å². The summed E-state index contributed by atoms with van der Waals surface area (Å²) in [6.45, 7) is 0. The molecule has 9 heteroatoms. The molecule has 2 bridgehead atoms. The number of benzene rings is 2. The third-order valence-corrected chi connectivity index (χ3v) is 10.7. The second-order valence-corrected chi connectivity index (χ2v) is 12.6. The monoisotopic (exact) mass is 474 g/mol. The van der Waals surface area contributed by atoms with E-state index in [9.17, 15) is 8.42 Å². The smallest absolute Gasteiger partial charge is 0.236 e. The average molecular weight is 475 g/mol. The largest absolute Gasteiger partial charge is 0.378 e. The van der Waals surface area contributed by atoms with E-state index in [1.54, 1.807) is 0 Å². The van der Waals surface area contributed by atoms with E-state index in [4.69, 9.17) is 0 Å². The van der Waals surface area contributed by atoms with Crippen LogP contribution in [0.1, 0.15) is 55.2 Å². The normalized spacial score (nSPS) is 29.8. The zero-order valence-electron chi connectivity index (χ0n) is 18.6. The highest BCUT2D eigenvalue weighted by Crippen LogP contribution is 2.64. The first-order chi connectivity index (χ1) is 16.6. The van der Waals surface area contributed by atoms with E-state index in [-0.39, 0.29) is 11.3 Å². The number of nitrogens with zero attached hydrogens (tertiary/aromatic N) is 2. The number of aromatic amines is 2. The molecular formula is C25H26N6O2S. The van der Waals surface area contributed by atoms with Crippen LogP contribution in [-0.4, -0.2) is 34.1 Å². The lowest BCUT2D eigenvalue weighted by Crippen LogP contribution is -2.35. The first-order valence-electron chi connectivity index (χ1n) is 12.3. The molecule has 3 heterocycles. The van der Waals surface area contributed by atoms with Crippen LogP contribution in [0.4, 0.5) is 11.5 Å². The zero-order valence-corrected chi connectivity index (χ0v) is 19.4. The minimum Gasteiger partial charge on any atom is -0.378 e. The SMILES string of the molecule is O=S(=O)(Nc1n[nH]c2ccc(C3Nc4ccc5[nH]ncc5c4C4C5CCC(C5)C34)cc12)C1CC1. The van der Waals surface area contributed by atoms with E-state index in [1.165, 1.54) is 41.5 Å². The number of anilines is 2. The topological polar surface area (TPSA) is 116 Å². The van der Waals surface area contributed by atoms with Crippen LogP contribution in [0.25, 0.3) is 21.8 Å². The summed E-state index contributed by atoms with van der Waals surface area (Å²) in [4.78, 5) is 0. The van der Waals surface area contributed by atoms with Crippen molar-refractivity contribution < 1.29 is 8.42 Å². The first-order valence-corrected chi connectivity index (χ1v) is 13.8. The van der Waals surface area contributed by atoms with Crippen molar-refractivity contribution in [2.75, 3.05) is 10.0 Å². The Morgan fingerprint density at radius 1 is 0.941 bits per heavy atom. The number of hydrogen-bond acceptors (Lipinski definition) is 5. The molecule has 5 atom stereocenters. The second-order valence-electron chi connectivity index (χ2n) is 10.6. The van der Waals surface area contributed by atoms with Crippen LogP contribution in [0, 0.1) is 17.8 Å². The Morgan fingerprint density at radius 3 is 2.65 bits per heavy atom. The van der Waals surface area contributed by atoms with Crippen LogP contribution in [0.15, 0.2) is 36.5 Å². The Bertz CT molecular complexity index is 1570. The lowest BCUT2D eigenvalue weighted by molar-refractivity contribution is 0.249. The Labute approximate surface area is 196 Å². The van der Waals surface area contributed by atoms with Crippen LogP contribution < -0.4 is 10.0 Å². The zero-order chi connectivity index (χ0) is 22.6. The maximum absolute atomic E-state index is 12.6. The van der Waals surface area contributed by atoms with E-state index in [1.807, 2.05) is 12.3 Å². The number of sulfonamides is 1. The predicted molar refractivity (Wildman–Crippen MR) is 131 cm³/mol. The molecule has 0 saturated heterocycles. The van der Waals surface area contributed by atoms with Crippen molar-refractivity contribution in [1.29, 1.82) is 0 Å². The molecule has 0 spiro atoms. The van der Waals surface area contributed by atoms with E-state index in [0.717, 1.165) is 35.2 Å². The highest BCUT2D eigenvalue weighted by Gasteiger charge is 2.54. The summed E-state index contributed by atoms with van der Waals surface area (Å²) in [7, 11) is -3.37. The third kappa shape index (κ3) is 2.61. The molecule has 4 aromatic rings. The van der Waals surface area contributed by atoms with Gasteiger partial charge in [-0.15, -0.1) is 0 Å². The van der Waals surface area contributed by atoms with Crippen molar-refractivity contribution >= 4 is 43.3 Å². The number of nitrogens with one attached hydrogen (secondary N) is 4. The van der Waals surface area contributed by atoms with E-state index < -0.39 is 10.0 Å². The van der Waals surface area contributed by atoms with Gasteiger partial charge in [-0.1, -0.05) is 6.07 Å². The number of fused-ring (bicyclic) bond motifs is 10. The summed E-state index contributed by atoms with van der Waals surface area (Å²) in [6, 6.07) is 10.8. The van der Waals surface area contributed by atoms with E-state index in [2.05, 4.69) is 54.7 Å². The molecule has 3 fully saturated rings. The van der Waals surface area contributed by atoms with Crippen LogP contribution >= 0.6 is 0 Å². The van der Waals surface area contributed by atoms with Gasteiger partial charge in [0.25, 0.3) is 0 Å². The van der Waals surface area contributed by atoms with Crippen molar-refractivity contribution in [1.82, 2.24) is 20.4 Å². The average Bonchev–Trinajstić information content (AvgIpc) is 3.17. The van der Waals surface area contributed by atoms with Gasteiger partial charge in [-0.2, -0.15) is 10.2 Å². The fraction of sp³-hybridized carbons (Fsp3) is 0.440. The van der Waals surface area contributed by atoms with Gasteiger partial charge in [0.1, 0.15) is 0 Å². The van der Waals surface area contributed by atoms with Crippen molar-refractivity contribution in [3.8, 4) is 0 Å². The lowest BCUT2D eigenvalue weighted by Gasteiger charge is -2.43. The molecule has 3 saturated carbocycles. The van der Waals surface area contributed by atoms with Gasteiger partial charge in [-0.05, 0) is 91.2 Å². The molecule has 8 nitrogen and oxygen atoms in total. The Kier molecular flexibility index (Phi) is 3.70. The van der Waals surface area contributed by atoms with Gasteiger partial charge >= 0.3 is 0 Å². The predicted octanol–water partition coefficient (Wildman–Crippen LogP) is 4.64. The number of H-pyrrole nitrogens is 2. The molecule has 2 aromatic heterocycles. The summed E-state index contributed by atoms with van der Waals surface area (Å²) >= 11 is 0. The van der Waals surface area contributed by atoms with Crippen molar-refractivity contribution in [3.63, 3.8) is 0 Å². The van der Waals surface area contributed by atoms with Gasteiger partial charge in [0.15, 0.2) is 5.82 Å². The summed E-state index contributed by atoms with van der Waals surface area (Å²) < 4.78 is 27.9. The Balaban J connectivity index is 1.24. The molecule has 8 rings (SSSR count). The molecule has 0 amide bonds. The van der Waals surface area contributed by atoms with Crippen LogP contribution in [0.3, 0.4) is 0 Å². The van der Waals surface area contributed by atoms with Gasteiger partial charge in [0.2, 0.25) is 10.0 Å². The highest BCUT2D eigenvalue weighted by molar-refractivity contribution is 7.93. The summed E-state index contributed by atoms with van der Waals surface area (Å²) in [5, 5.41) is 20.5. The van der Waals surface area contributed by atoms with Crippen molar-refractivity contribution in [2.45, 2.75) is 49.3 Å². The van der Waals surface area contributed by atoms with Gasteiger partial charge in [0, 0.05) is 16.5 Å². The maximum Gasteiger partial charge on any atom is 0.236 e. The number of hydrogen-bond donors (Lipinski definition) is 4. The van der Waals surface area contributed by atoms with Crippen molar-refractivity contribution in [3.05, 3.63) is 47.7 Å². The van der Waals surface area contributed by atoms with Gasteiger partial charge < -0.3 is 5.32 Å². The van der Waals surface area contributed by atoms with Crippen LogP contribution in [0.2, 0.25) is 0 Å². The fourth-order valence-electron chi connectivity index (χ4n) is 7.24. The molecule has 5 unspecified atom stereocenters. The lowest BCUT2D eigenvalue weighted by atomic mass is 9.67. The number of aromatic nitrogens is 4. The standard InChI is InChI=1S/C25H26N6O2S/c32-34(33,15-4-5-15)31-25-16-10-14(3-6-18(16)29-30-25)24-22-13-2-1-12(9-13)21(22)23-17-11-26-28-19(17)7-8-20(23)27-24/h3,6-8,10-13,15,21-22,24,27H,1-2,4-5,9H2,(H,26,28)(H2,29,30,31). The molecule has 4 aliphatic rings. The van der Waals surface area contributed by atoms with E-state index >= 15 is 0 Å². The molecule has 34 heavy (non-hydrogen) atoms. The van der Waals surface area contributed by atoms with E-state index in [0.29, 0.717) is 23.6 Å². The molecule has 174 valence electrons. The highest BCUT2D eigenvalue weighted by atomic mass is 32.2. The second kappa shape index (κ2) is 6.53. The quantitative estimate of drug-likeness (QED) is 0.344. The third-order valence-electron chi connectivity index (χ3n) is 8.82. The van der Waals surface area contributed by atoms with Gasteiger partial charge in [0.05, 0.1) is 28.5 Å². The molecule has 4 N–H and O–H groups in total. The molecule has 3 aliphatic carbocycles. The Morgan fingerprint density at radius 2 is 1.76 bits per heavy atom. The molecule has 0 radical (unpaired) electrons. The fourth-order valence-corrected chi connectivity index (χ4v) is 8.59. The Hall–Kier alpha value is -3.07. The summed E-state index contributed by atoms with van der Waals surface area (Å²) in [5.74, 6) is 2.87. The van der Waals surface area contributed by atoms with Crippen LogP contribution in [0.5, 0.6) is 0 Å². The van der Waals surface area contributed by atoms with Gasteiger partial charge in [-0.25, -0.2) is 8.42 Å². The molecular weight excluding hydrogens is 448 g/mol. The minimum absolute atomic E-state index is 0.185.